The van der Waals surface area contributed by atoms with E-state index in [9.17, 15) is 0 Å². The largest absolute Gasteiger partial charge is 0.469 e. The first kappa shape index (κ1) is 16.4. The van der Waals surface area contributed by atoms with E-state index < -0.39 is 0 Å². The minimum absolute atomic E-state index is 0.689. The average molecular weight is 320 g/mol. The molecule has 0 atom stereocenters. The number of hydrogen-bond donors (Lipinski definition) is 2. The predicted molar refractivity (Wildman–Crippen MR) is 91.5 cm³/mol. The zero-order valence-electron chi connectivity index (χ0n) is 12.8. The van der Waals surface area contributed by atoms with Crippen molar-refractivity contribution in [3.05, 3.63) is 59.0 Å². The van der Waals surface area contributed by atoms with E-state index in [2.05, 4.69) is 22.5 Å². The van der Waals surface area contributed by atoms with Crippen LogP contribution in [0.1, 0.15) is 18.2 Å². The monoisotopic (exact) mass is 319 g/mol. The molecule has 5 heteroatoms. The Hall–Kier alpha value is -1.94. The molecule has 2 N–H and O–H groups in total. The van der Waals surface area contributed by atoms with Crippen LogP contribution < -0.4 is 10.6 Å². The Kier molecular flexibility index (Phi) is 6.84. The summed E-state index contributed by atoms with van der Waals surface area (Å²) in [5, 5.41) is 7.37. The van der Waals surface area contributed by atoms with Gasteiger partial charge in [-0.25, -0.2) is 0 Å². The van der Waals surface area contributed by atoms with E-state index in [0.29, 0.717) is 6.54 Å². The van der Waals surface area contributed by atoms with E-state index in [-0.39, 0.29) is 0 Å². The molecule has 22 heavy (non-hydrogen) atoms. The topological polar surface area (TPSA) is 49.6 Å². The molecule has 4 nitrogen and oxygen atoms in total. The zero-order chi connectivity index (χ0) is 15.6. The van der Waals surface area contributed by atoms with Gasteiger partial charge in [0.2, 0.25) is 0 Å². The molecule has 0 aliphatic carbocycles. The molecule has 0 unspecified atom stereocenters. The van der Waals surface area contributed by atoms with E-state index in [1.54, 1.807) is 6.26 Å². The first-order valence-corrected chi connectivity index (χ1v) is 7.95. The molecule has 2 rings (SSSR count). The van der Waals surface area contributed by atoms with Gasteiger partial charge in [0.25, 0.3) is 0 Å². The Morgan fingerprint density at radius 1 is 1.14 bits per heavy atom. The molecular weight excluding hydrogens is 298 g/mol. The van der Waals surface area contributed by atoms with Crippen LogP contribution in [-0.2, 0) is 12.8 Å². The highest BCUT2D eigenvalue weighted by Gasteiger charge is 2.01. The number of benzene rings is 1. The van der Waals surface area contributed by atoms with Crippen LogP contribution in [0.15, 0.2) is 52.1 Å². The molecule has 0 bridgehead atoms. The van der Waals surface area contributed by atoms with Crippen LogP contribution in [0.4, 0.5) is 0 Å². The molecule has 0 radical (unpaired) electrons. The number of nitrogens with zero attached hydrogens (tertiary/aromatic N) is 1. The lowest BCUT2D eigenvalue weighted by Gasteiger charge is -2.11. The van der Waals surface area contributed by atoms with Crippen molar-refractivity contribution in [2.75, 3.05) is 19.6 Å². The van der Waals surface area contributed by atoms with Crippen LogP contribution in [0.2, 0.25) is 5.02 Å². The quantitative estimate of drug-likeness (QED) is 0.608. The van der Waals surface area contributed by atoms with E-state index in [0.717, 1.165) is 48.2 Å². The third-order valence-electron chi connectivity index (χ3n) is 3.20. The second-order valence-electron chi connectivity index (χ2n) is 4.86. The maximum absolute atomic E-state index is 6.16. The summed E-state index contributed by atoms with van der Waals surface area (Å²) in [6.07, 6.45) is 3.35. The fourth-order valence-electron chi connectivity index (χ4n) is 2.09. The number of rotatable bonds is 7. The molecule has 0 saturated carbocycles. The van der Waals surface area contributed by atoms with E-state index in [1.807, 2.05) is 36.4 Å². The molecule has 0 aliphatic rings. The predicted octanol–water partition coefficient (Wildman–Crippen LogP) is 3.27. The normalized spacial score (nSPS) is 11.5. The highest BCUT2D eigenvalue weighted by molar-refractivity contribution is 6.31. The van der Waals surface area contributed by atoms with Crippen molar-refractivity contribution in [2.24, 2.45) is 4.99 Å². The summed E-state index contributed by atoms with van der Waals surface area (Å²) in [5.74, 6) is 1.77. The number of nitrogens with one attached hydrogen (secondary N) is 2. The van der Waals surface area contributed by atoms with Crippen molar-refractivity contribution in [1.29, 1.82) is 0 Å². The molecule has 0 spiro atoms. The molecule has 1 aromatic heterocycles. The number of hydrogen-bond acceptors (Lipinski definition) is 2. The second-order valence-corrected chi connectivity index (χ2v) is 5.27. The summed E-state index contributed by atoms with van der Waals surface area (Å²) < 4.78 is 5.30. The molecule has 0 aliphatic heterocycles. The lowest BCUT2D eigenvalue weighted by Crippen LogP contribution is -2.38. The molecule has 118 valence electrons. The van der Waals surface area contributed by atoms with Gasteiger partial charge in [-0.2, -0.15) is 0 Å². The summed E-state index contributed by atoms with van der Waals surface area (Å²) in [5.41, 5.74) is 1.14. The minimum Gasteiger partial charge on any atom is -0.469 e. The summed E-state index contributed by atoms with van der Waals surface area (Å²) in [6.45, 7) is 4.36. The Morgan fingerprint density at radius 2 is 2.00 bits per heavy atom. The van der Waals surface area contributed by atoms with Crippen LogP contribution in [0.3, 0.4) is 0 Å². The Bertz CT molecular complexity index is 581. The van der Waals surface area contributed by atoms with Gasteiger partial charge in [-0.3, -0.25) is 4.99 Å². The Morgan fingerprint density at radius 3 is 2.73 bits per heavy atom. The minimum atomic E-state index is 0.689. The molecular formula is C17H22ClN3O. The van der Waals surface area contributed by atoms with Gasteiger partial charge >= 0.3 is 0 Å². The van der Waals surface area contributed by atoms with E-state index in [4.69, 9.17) is 16.0 Å². The molecule has 0 fully saturated rings. The summed E-state index contributed by atoms with van der Waals surface area (Å²) in [7, 11) is 0. The van der Waals surface area contributed by atoms with Crippen molar-refractivity contribution in [3.8, 4) is 0 Å². The number of furan rings is 1. The highest BCUT2D eigenvalue weighted by Crippen LogP contribution is 2.14. The average Bonchev–Trinajstić information content (AvgIpc) is 3.02. The van der Waals surface area contributed by atoms with Crippen molar-refractivity contribution in [2.45, 2.75) is 19.8 Å². The maximum atomic E-state index is 6.16. The van der Waals surface area contributed by atoms with Crippen LogP contribution in [0, 0.1) is 0 Å². The Labute approximate surface area is 136 Å². The second kappa shape index (κ2) is 9.15. The fraction of sp³-hybridized carbons (Fsp3) is 0.353. The van der Waals surface area contributed by atoms with Gasteiger partial charge in [0.15, 0.2) is 5.96 Å². The maximum Gasteiger partial charge on any atom is 0.191 e. The van der Waals surface area contributed by atoms with Gasteiger partial charge in [-0.05, 0) is 37.1 Å². The molecule has 1 heterocycles. The SMILES string of the molecule is CCNC(=NCCc1ccco1)NCCc1ccccc1Cl. The van der Waals surface area contributed by atoms with Crippen LogP contribution >= 0.6 is 11.6 Å². The van der Waals surface area contributed by atoms with Gasteiger partial charge in [0.05, 0.1) is 6.26 Å². The first-order valence-electron chi connectivity index (χ1n) is 7.57. The van der Waals surface area contributed by atoms with Gasteiger partial charge in [-0.1, -0.05) is 29.8 Å². The van der Waals surface area contributed by atoms with Crippen molar-refractivity contribution >= 4 is 17.6 Å². The number of halogens is 1. The van der Waals surface area contributed by atoms with Gasteiger partial charge in [-0.15, -0.1) is 0 Å². The third kappa shape index (κ3) is 5.45. The smallest absolute Gasteiger partial charge is 0.191 e. The van der Waals surface area contributed by atoms with Crippen LogP contribution in [0.5, 0.6) is 0 Å². The van der Waals surface area contributed by atoms with Crippen molar-refractivity contribution in [3.63, 3.8) is 0 Å². The Balaban J connectivity index is 1.79. The van der Waals surface area contributed by atoms with Crippen LogP contribution in [-0.4, -0.2) is 25.6 Å². The molecule has 0 saturated heterocycles. The third-order valence-corrected chi connectivity index (χ3v) is 3.57. The zero-order valence-corrected chi connectivity index (χ0v) is 13.6. The first-order chi connectivity index (χ1) is 10.8. The standard InChI is InChI=1S/C17H22ClN3O/c1-2-19-17(21-12-10-15-7-5-13-22-15)20-11-9-14-6-3-4-8-16(14)18/h3-8,13H,2,9-12H2,1H3,(H2,19,20,21). The molecule has 1 aromatic carbocycles. The van der Waals surface area contributed by atoms with Gasteiger partial charge < -0.3 is 15.1 Å². The summed E-state index contributed by atoms with van der Waals surface area (Å²) >= 11 is 6.16. The highest BCUT2D eigenvalue weighted by atomic mass is 35.5. The summed E-state index contributed by atoms with van der Waals surface area (Å²) in [6, 6.07) is 11.8. The van der Waals surface area contributed by atoms with Crippen molar-refractivity contribution in [1.82, 2.24) is 10.6 Å². The fourth-order valence-corrected chi connectivity index (χ4v) is 2.32. The molecule has 0 amide bonds. The number of aliphatic imine (C=N–C) groups is 1. The van der Waals surface area contributed by atoms with Crippen molar-refractivity contribution < 1.29 is 4.42 Å². The van der Waals surface area contributed by atoms with Crippen LogP contribution in [0.25, 0.3) is 0 Å². The number of guanidine groups is 1. The van der Waals surface area contributed by atoms with Gasteiger partial charge in [0.1, 0.15) is 5.76 Å². The van der Waals surface area contributed by atoms with E-state index >= 15 is 0 Å². The van der Waals surface area contributed by atoms with E-state index in [1.165, 1.54) is 0 Å². The van der Waals surface area contributed by atoms with Gasteiger partial charge in [0, 0.05) is 31.1 Å². The summed E-state index contributed by atoms with van der Waals surface area (Å²) in [4.78, 5) is 4.54. The lowest BCUT2D eigenvalue weighted by atomic mass is 10.1. The lowest BCUT2D eigenvalue weighted by molar-refractivity contribution is 0.510. The molecule has 2 aromatic rings.